The number of rotatable bonds is 2. The maximum absolute atomic E-state index is 11.9. The minimum Gasteiger partial charge on any atom is -0.334 e. The van der Waals surface area contributed by atoms with Gasteiger partial charge in [0.1, 0.15) is 0 Å². The third-order valence-electron chi connectivity index (χ3n) is 3.56. The van der Waals surface area contributed by atoms with Gasteiger partial charge in [0.2, 0.25) is 5.91 Å². The predicted molar refractivity (Wildman–Crippen MR) is 70.2 cm³/mol. The lowest BCUT2D eigenvalue weighted by molar-refractivity contribution is -0.117. The third-order valence-corrected chi connectivity index (χ3v) is 3.56. The lowest BCUT2D eigenvalue weighted by Crippen LogP contribution is -2.25. The summed E-state index contributed by atoms with van der Waals surface area (Å²) < 4.78 is 1.97. The summed E-state index contributed by atoms with van der Waals surface area (Å²) in [4.78, 5) is 18.1. The molecule has 1 atom stereocenters. The highest BCUT2D eigenvalue weighted by Crippen LogP contribution is 2.27. The van der Waals surface area contributed by atoms with E-state index in [1.165, 1.54) is 0 Å². The van der Waals surface area contributed by atoms with Gasteiger partial charge in [0.05, 0.1) is 17.4 Å². The minimum atomic E-state index is 0.153. The molecule has 0 bridgehead atoms. The highest BCUT2D eigenvalue weighted by atomic mass is 16.2. The van der Waals surface area contributed by atoms with Gasteiger partial charge in [-0.1, -0.05) is 0 Å². The zero-order valence-corrected chi connectivity index (χ0v) is 10.3. The first-order valence-electron chi connectivity index (χ1n) is 6.10. The fourth-order valence-corrected chi connectivity index (χ4v) is 2.48. The number of nitrogens with zero attached hydrogens (tertiary/aromatic N) is 3. The van der Waals surface area contributed by atoms with Crippen LogP contribution in [0.3, 0.4) is 0 Å². The number of aromatic nitrogens is 2. The molecular formula is C13H16N4O. The van der Waals surface area contributed by atoms with Crippen LogP contribution in [-0.2, 0) is 11.8 Å². The molecule has 1 aliphatic heterocycles. The molecule has 1 aromatic carbocycles. The van der Waals surface area contributed by atoms with Crippen LogP contribution >= 0.6 is 0 Å². The van der Waals surface area contributed by atoms with Crippen LogP contribution < -0.4 is 10.6 Å². The molecule has 2 N–H and O–H groups in total. The number of benzene rings is 1. The van der Waals surface area contributed by atoms with Gasteiger partial charge in [-0.05, 0) is 30.7 Å². The molecule has 0 radical (unpaired) electrons. The monoisotopic (exact) mass is 244 g/mol. The van der Waals surface area contributed by atoms with Gasteiger partial charge in [-0.15, -0.1) is 0 Å². The molecule has 0 spiro atoms. The summed E-state index contributed by atoms with van der Waals surface area (Å²) >= 11 is 0. The Morgan fingerprint density at radius 3 is 3.06 bits per heavy atom. The van der Waals surface area contributed by atoms with Crippen molar-refractivity contribution in [1.82, 2.24) is 9.55 Å². The Hall–Kier alpha value is -1.88. The van der Waals surface area contributed by atoms with Crippen LogP contribution in [0.2, 0.25) is 0 Å². The maximum Gasteiger partial charge on any atom is 0.227 e. The zero-order chi connectivity index (χ0) is 12.7. The molecule has 94 valence electrons. The van der Waals surface area contributed by atoms with Gasteiger partial charge in [0, 0.05) is 25.7 Å². The molecule has 1 unspecified atom stereocenters. The van der Waals surface area contributed by atoms with Crippen molar-refractivity contribution in [2.24, 2.45) is 18.7 Å². The molecule has 1 aromatic heterocycles. The summed E-state index contributed by atoms with van der Waals surface area (Å²) in [5.74, 6) is 0.428. The van der Waals surface area contributed by atoms with E-state index in [4.69, 9.17) is 5.73 Å². The highest BCUT2D eigenvalue weighted by Gasteiger charge is 2.29. The number of nitrogens with two attached hydrogens (primary N) is 1. The van der Waals surface area contributed by atoms with E-state index in [0.717, 1.165) is 16.7 Å². The number of hydrogen-bond donors (Lipinski definition) is 1. The van der Waals surface area contributed by atoms with Gasteiger partial charge in [0.25, 0.3) is 0 Å². The van der Waals surface area contributed by atoms with Crippen LogP contribution in [0, 0.1) is 5.92 Å². The number of carbonyl (C=O) groups excluding carboxylic acids is 1. The van der Waals surface area contributed by atoms with Gasteiger partial charge in [0.15, 0.2) is 0 Å². The van der Waals surface area contributed by atoms with Crippen LogP contribution in [0.15, 0.2) is 24.5 Å². The molecule has 5 heteroatoms. The van der Waals surface area contributed by atoms with Crippen LogP contribution in [0.5, 0.6) is 0 Å². The third kappa shape index (κ3) is 1.67. The molecule has 18 heavy (non-hydrogen) atoms. The van der Waals surface area contributed by atoms with Gasteiger partial charge >= 0.3 is 0 Å². The smallest absolute Gasteiger partial charge is 0.227 e. The van der Waals surface area contributed by atoms with Crippen molar-refractivity contribution in [3.8, 4) is 0 Å². The van der Waals surface area contributed by atoms with E-state index in [-0.39, 0.29) is 11.8 Å². The summed E-state index contributed by atoms with van der Waals surface area (Å²) in [7, 11) is 1.96. The van der Waals surface area contributed by atoms with Gasteiger partial charge in [-0.3, -0.25) is 4.79 Å². The fourth-order valence-electron chi connectivity index (χ4n) is 2.48. The average molecular weight is 244 g/mol. The van der Waals surface area contributed by atoms with Crippen LogP contribution in [0.4, 0.5) is 5.69 Å². The van der Waals surface area contributed by atoms with Gasteiger partial charge in [-0.2, -0.15) is 0 Å². The second kappa shape index (κ2) is 4.10. The Morgan fingerprint density at radius 1 is 1.50 bits per heavy atom. The lowest BCUT2D eigenvalue weighted by atomic mass is 10.1. The second-order valence-electron chi connectivity index (χ2n) is 4.84. The van der Waals surface area contributed by atoms with Crippen molar-refractivity contribution in [2.75, 3.05) is 18.0 Å². The molecular weight excluding hydrogens is 228 g/mol. The van der Waals surface area contributed by atoms with Gasteiger partial charge in [-0.25, -0.2) is 4.98 Å². The number of anilines is 1. The van der Waals surface area contributed by atoms with E-state index in [1.807, 2.05) is 34.7 Å². The quantitative estimate of drug-likeness (QED) is 0.853. The first-order chi connectivity index (χ1) is 8.69. The lowest BCUT2D eigenvalue weighted by Gasteiger charge is -2.16. The van der Waals surface area contributed by atoms with E-state index in [9.17, 15) is 4.79 Å². The Balaban J connectivity index is 1.97. The summed E-state index contributed by atoms with van der Waals surface area (Å²) in [6.07, 6.45) is 2.33. The number of carbonyl (C=O) groups is 1. The van der Waals surface area contributed by atoms with Crippen molar-refractivity contribution in [3.63, 3.8) is 0 Å². The molecule has 5 nitrogen and oxygen atoms in total. The summed E-state index contributed by atoms with van der Waals surface area (Å²) in [5.41, 5.74) is 8.54. The number of aryl methyl sites for hydroxylation is 1. The average Bonchev–Trinajstić information content (AvgIpc) is 2.93. The Labute approximate surface area is 105 Å². The van der Waals surface area contributed by atoms with Crippen LogP contribution in [0.1, 0.15) is 6.42 Å². The van der Waals surface area contributed by atoms with E-state index in [2.05, 4.69) is 4.98 Å². The molecule has 3 rings (SSSR count). The van der Waals surface area contributed by atoms with Crippen LogP contribution in [0.25, 0.3) is 11.0 Å². The number of amides is 1. The fraction of sp³-hybridized carbons (Fsp3) is 0.385. The van der Waals surface area contributed by atoms with Crippen molar-refractivity contribution in [3.05, 3.63) is 24.5 Å². The molecule has 1 amide bonds. The standard InChI is InChI=1S/C13H16N4O/c1-16-8-15-11-5-10(2-3-12(11)16)17-7-9(6-14)4-13(17)18/h2-3,5,8-9H,4,6-7,14H2,1H3. The van der Waals surface area contributed by atoms with Crippen molar-refractivity contribution < 1.29 is 4.79 Å². The topological polar surface area (TPSA) is 64.2 Å². The number of hydrogen-bond acceptors (Lipinski definition) is 3. The van der Waals surface area contributed by atoms with Crippen molar-refractivity contribution >= 4 is 22.6 Å². The van der Waals surface area contributed by atoms with E-state index in [1.54, 1.807) is 6.33 Å². The Morgan fingerprint density at radius 2 is 2.33 bits per heavy atom. The molecule has 1 aliphatic rings. The summed E-state index contributed by atoms with van der Waals surface area (Å²) in [6.45, 7) is 1.28. The molecule has 1 fully saturated rings. The predicted octanol–water partition coefficient (Wildman–Crippen LogP) is 0.885. The highest BCUT2D eigenvalue weighted by molar-refractivity contribution is 5.97. The van der Waals surface area contributed by atoms with E-state index in [0.29, 0.717) is 19.5 Å². The molecule has 2 aromatic rings. The second-order valence-corrected chi connectivity index (χ2v) is 4.84. The van der Waals surface area contributed by atoms with E-state index < -0.39 is 0 Å². The van der Waals surface area contributed by atoms with Crippen molar-refractivity contribution in [1.29, 1.82) is 0 Å². The molecule has 0 saturated carbocycles. The Bertz CT molecular complexity index is 604. The maximum atomic E-state index is 11.9. The van der Waals surface area contributed by atoms with Crippen LogP contribution in [-0.4, -0.2) is 28.5 Å². The Kier molecular flexibility index (Phi) is 2.56. The van der Waals surface area contributed by atoms with E-state index >= 15 is 0 Å². The number of fused-ring (bicyclic) bond motifs is 1. The first-order valence-corrected chi connectivity index (χ1v) is 6.10. The summed E-state index contributed by atoms with van der Waals surface area (Å²) in [5, 5.41) is 0. The molecule has 1 saturated heterocycles. The SMILES string of the molecule is Cn1cnc2cc(N3CC(CN)CC3=O)ccc21. The van der Waals surface area contributed by atoms with Gasteiger partial charge < -0.3 is 15.2 Å². The molecule has 0 aliphatic carbocycles. The minimum absolute atomic E-state index is 0.153. The van der Waals surface area contributed by atoms with Crippen molar-refractivity contribution in [2.45, 2.75) is 6.42 Å². The zero-order valence-electron chi connectivity index (χ0n) is 10.3. The largest absolute Gasteiger partial charge is 0.334 e. The summed E-state index contributed by atoms with van der Waals surface area (Å²) in [6, 6.07) is 5.94. The molecule has 2 heterocycles. The first kappa shape index (κ1) is 11.2. The normalized spacial score (nSPS) is 20.0. The number of imidazole rings is 1.